The molecule has 0 unspecified atom stereocenters. The zero-order chi connectivity index (χ0) is 23.2. The average Bonchev–Trinajstić information content (AvgIpc) is 3.55. The molecule has 3 aromatic heterocycles. The van der Waals surface area contributed by atoms with Crippen LogP contribution in [0.5, 0.6) is 0 Å². The summed E-state index contributed by atoms with van der Waals surface area (Å²) in [5.41, 5.74) is 3.88. The zero-order valence-corrected chi connectivity index (χ0v) is 19.8. The van der Waals surface area contributed by atoms with Crippen molar-refractivity contribution >= 4 is 0 Å². The summed E-state index contributed by atoms with van der Waals surface area (Å²) in [7, 11) is 0. The Morgan fingerprint density at radius 3 is 2.59 bits per heavy atom. The standard InChI is InChI=1S/C26H32N8/c1-2-8-25-28-24(16-14-19-9-4-3-5-10-19)31-34(25)18-20-13-15-23(27-17-20)21-11-6-7-12-22(21)26-29-32-33-30-26/h6-7,11-13,15,17,19H,2-5,8-10,14,16,18H2,1H3,(H,29,30,32,33). The fourth-order valence-electron chi connectivity index (χ4n) is 4.90. The highest BCUT2D eigenvalue weighted by molar-refractivity contribution is 5.78. The number of benzene rings is 1. The summed E-state index contributed by atoms with van der Waals surface area (Å²) in [5, 5.41) is 19.3. The Morgan fingerprint density at radius 1 is 1.00 bits per heavy atom. The lowest BCUT2D eigenvalue weighted by Gasteiger charge is -2.20. The maximum atomic E-state index is 4.89. The molecular formula is C26H32N8. The zero-order valence-electron chi connectivity index (χ0n) is 19.8. The van der Waals surface area contributed by atoms with Gasteiger partial charge in [-0.3, -0.25) is 4.98 Å². The van der Waals surface area contributed by atoms with Gasteiger partial charge in [-0.25, -0.2) is 9.67 Å². The number of rotatable bonds is 9. The Hall–Kier alpha value is -3.42. The molecule has 0 aliphatic heterocycles. The van der Waals surface area contributed by atoms with Crippen LogP contribution in [0.2, 0.25) is 0 Å². The Labute approximate surface area is 200 Å². The first-order chi connectivity index (χ1) is 16.8. The molecule has 1 N–H and O–H groups in total. The molecule has 1 saturated carbocycles. The van der Waals surface area contributed by atoms with Crippen LogP contribution in [0.25, 0.3) is 22.6 Å². The van der Waals surface area contributed by atoms with E-state index in [4.69, 9.17) is 15.1 Å². The first kappa shape index (κ1) is 22.4. The first-order valence-corrected chi connectivity index (χ1v) is 12.5. The van der Waals surface area contributed by atoms with Crippen molar-refractivity contribution in [2.45, 2.75) is 71.3 Å². The number of H-pyrrole nitrogens is 1. The summed E-state index contributed by atoms with van der Waals surface area (Å²) in [6.45, 7) is 2.88. The molecule has 1 aliphatic rings. The molecule has 4 aromatic rings. The number of aryl methyl sites for hydroxylation is 2. The van der Waals surface area contributed by atoms with E-state index in [0.29, 0.717) is 12.4 Å². The van der Waals surface area contributed by atoms with Gasteiger partial charge >= 0.3 is 0 Å². The predicted molar refractivity (Wildman–Crippen MR) is 131 cm³/mol. The summed E-state index contributed by atoms with van der Waals surface area (Å²) < 4.78 is 2.07. The fraction of sp³-hybridized carbons (Fsp3) is 0.462. The van der Waals surface area contributed by atoms with Gasteiger partial charge in [-0.1, -0.05) is 69.4 Å². The van der Waals surface area contributed by atoms with Crippen molar-refractivity contribution in [3.63, 3.8) is 0 Å². The molecule has 0 radical (unpaired) electrons. The molecule has 1 fully saturated rings. The summed E-state index contributed by atoms with van der Waals surface area (Å²) >= 11 is 0. The minimum atomic E-state index is 0.564. The molecule has 3 heterocycles. The van der Waals surface area contributed by atoms with Crippen molar-refractivity contribution in [3.8, 4) is 22.6 Å². The molecular weight excluding hydrogens is 424 g/mol. The lowest BCUT2D eigenvalue weighted by atomic mass is 9.86. The van der Waals surface area contributed by atoms with Gasteiger partial charge in [-0.05, 0) is 35.6 Å². The van der Waals surface area contributed by atoms with Crippen LogP contribution in [0.15, 0.2) is 42.6 Å². The van der Waals surface area contributed by atoms with E-state index in [2.05, 4.69) is 44.4 Å². The lowest BCUT2D eigenvalue weighted by Crippen LogP contribution is -2.08. The summed E-state index contributed by atoms with van der Waals surface area (Å²) in [5.74, 6) is 3.48. The molecule has 0 spiro atoms. The molecule has 34 heavy (non-hydrogen) atoms. The third-order valence-electron chi connectivity index (χ3n) is 6.71. The van der Waals surface area contributed by atoms with Crippen LogP contribution in [-0.2, 0) is 19.4 Å². The number of nitrogens with one attached hydrogen (secondary N) is 1. The maximum Gasteiger partial charge on any atom is 0.205 e. The number of aromatic nitrogens is 8. The highest BCUT2D eigenvalue weighted by atomic mass is 15.5. The molecule has 1 aliphatic carbocycles. The number of pyridine rings is 1. The minimum Gasteiger partial charge on any atom is -0.256 e. The van der Waals surface area contributed by atoms with Gasteiger partial charge in [0, 0.05) is 30.2 Å². The number of nitrogens with zero attached hydrogens (tertiary/aromatic N) is 7. The van der Waals surface area contributed by atoms with Crippen molar-refractivity contribution in [2.24, 2.45) is 5.92 Å². The summed E-state index contributed by atoms with van der Waals surface area (Å²) in [4.78, 5) is 9.64. The Morgan fingerprint density at radius 2 is 1.85 bits per heavy atom. The van der Waals surface area contributed by atoms with Gasteiger partial charge in [0.2, 0.25) is 5.82 Å². The molecule has 176 valence electrons. The monoisotopic (exact) mass is 456 g/mol. The van der Waals surface area contributed by atoms with E-state index in [1.54, 1.807) is 0 Å². The highest BCUT2D eigenvalue weighted by Gasteiger charge is 2.16. The van der Waals surface area contributed by atoms with Gasteiger partial charge < -0.3 is 0 Å². The topological polar surface area (TPSA) is 98.1 Å². The van der Waals surface area contributed by atoms with Crippen molar-refractivity contribution in [1.82, 2.24) is 40.4 Å². The SMILES string of the molecule is CCCc1nc(CCC2CCCCC2)nn1Cc1ccc(-c2ccccc2-c2nn[nH]n2)nc1. The third kappa shape index (κ3) is 5.21. The molecule has 8 nitrogen and oxygen atoms in total. The molecule has 0 amide bonds. The van der Waals surface area contributed by atoms with Crippen LogP contribution < -0.4 is 0 Å². The largest absolute Gasteiger partial charge is 0.256 e. The Bertz CT molecular complexity index is 1170. The van der Waals surface area contributed by atoms with Crippen LogP contribution in [0.4, 0.5) is 0 Å². The van der Waals surface area contributed by atoms with E-state index in [1.165, 1.54) is 38.5 Å². The average molecular weight is 457 g/mol. The third-order valence-corrected chi connectivity index (χ3v) is 6.71. The Kier molecular flexibility index (Phi) is 7.02. The van der Waals surface area contributed by atoms with E-state index in [1.807, 2.05) is 30.5 Å². The molecule has 8 heteroatoms. The first-order valence-electron chi connectivity index (χ1n) is 12.5. The number of tetrazole rings is 1. The van der Waals surface area contributed by atoms with Crippen molar-refractivity contribution < 1.29 is 0 Å². The second-order valence-electron chi connectivity index (χ2n) is 9.23. The number of aromatic amines is 1. The van der Waals surface area contributed by atoms with Gasteiger partial charge in [-0.15, -0.1) is 10.2 Å². The van der Waals surface area contributed by atoms with E-state index >= 15 is 0 Å². The second kappa shape index (κ2) is 10.7. The van der Waals surface area contributed by atoms with Crippen LogP contribution in [-0.4, -0.2) is 40.4 Å². The van der Waals surface area contributed by atoms with Crippen LogP contribution >= 0.6 is 0 Å². The minimum absolute atomic E-state index is 0.564. The molecule has 0 bridgehead atoms. The van der Waals surface area contributed by atoms with E-state index < -0.39 is 0 Å². The molecule has 0 saturated heterocycles. The highest BCUT2D eigenvalue weighted by Crippen LogP contribution is 2.29. The van der Waals surface area contributed by atoms with E-state index in [0.717, 1.165) is 59.2 Å². The van der Waals surface area contributed by atoms with Crippen LogP contribution in [0.3, 0.4) is 0 Å². The van der Waals surface area contributed by atoms with Crippen LogP contribution in [0.1, 0.15) is 69.1 Å². The lowest BCUT2D eigenvalue weighted by molar-refractivity contribution is 0.337. The maximum absolute atomic E-state index is 4.89. The van der Waals surface area contributed by atoms with Gasteiger partial charge in [0.1, 0.15) is 5.82 Å². The van der Waals surface area contributed by atoms with Crippen molar-refractivity contribution in [3.05, 3.63) is 59.8 Å². The fourth-order valence-corrected chi connectivity index (χ4v) is 4.90. The smallest absolute Gasteiger partial charge is 0.205 e. The molecule has 1 aromatic carbocycles. The van der Waals surface area contributed by atoms with Gasteiger partial charge in [-0.2, -0.15) is 10.3 Å². The molecule has 5 rings (SSSR count). The molecule has 0 atom stereocenters. The normalized spacial score (nSPS) is 14.5. The van der Waals surface area contributed by atoms with Gasteiger partial charge in [0.05, 0.1) is 12.2 Å². The van der Waals surface area contributed by atoms with Gasteiger partial charge in [0.15, 0.2) is 5.82 Å². The van der Waals surface area contributed by atoms with E-state index in [-0.39, 0.29) is 0 Å². The predicted octanol–water partition coefficient (Wildman–Crippen LogP) is 5.03. The van der Waals surface area contributed by atoms with E-state index in [9.17, 15) is 0 Å². The Balaban J connectivity index is 1.30. The summed E-state index contributed by atoms with van der Waals surface area (Å²) in [6.07, 6.45) is 13.1. The number of hydrogen-bond acceptors (Lipinski definition) is 6. The second-order valence-corrected chi connectivity index (χ2v) is 9.23. The van der Waals surface area contributed by atoms with Crippen molar-refractivity contribution in [2.75, 3.05) is 0 Å². The summed E-state index contributed by atoms with van der Waals surface area (Å²) in [6, 6.07) is 12.1. The number of hydrogen-bond donors (Lipinski definition) is 1. The van der Waals surface area contributed by atoms with Crippen LogP contribution in [0, 0.1) is 5.92 Å². The van der Waals surface area contributed by atoms with Gasteiger partial charge in [0.25, 0.3) is 0 Å². The quantitative estimate of drug-likeness (QED) is 0.379. The van der Waals surface area contributed by atoms with Crippen molar-refractivity contribution in [1.29, 1.82) is 0 Å².